The minimum absolute atomic E-state index is 0.236. The van der Waals surface area contributed by atoms with E-state index in [-0.39, 0.29) is 11.9 Å². The molecule has 10 heteroatoms. The molecule has 2 aliphatic rings. The molecular formula is C21H28N8O2. The van der Waals surface area contributed by atoms with Gasteiger partial charge < -0.3 is 21.5 Å². The number of amides is 1. The number of nitrogens with two attached hydrogens (primary N) is 2. The number of benzene rings is 1. The van der Waals surface area contributed by atoms with Crippen molar-refractivity contribution in [2.75, 3.05) is 25.2 Å². The van der Waals surface area contributed by atoms with E-state index < -0.39 is 5.66 Å². The molecule has 5 N–H and O–H groups in total. The third-order valence-corrected chi connectivity index (χ3v) is 5.64. The van der Waals surface area contributed by atoms with E-state index in [9.17, 15) is 4.79 Å². The van der Waals surface area contributed by atoms with Crippen molar-refractivity contribution in [3.8, 4) is 5.69 Å². The molecule has 1 saturated carbocycles. The smallest absolute Gasteiger partial charge is 0.271 e. The molecule has 0 saturated heterocycles. The zero-order chi connectivity index (χ0) is 21.8. The maximum atomic E-state index is 12.2. The number of guanidine groups is 2. The first-order valence-corrected chi connectivity index (χ1v) is 10.5. The highest BCUT2D eigenvalue weighted by molar-refractivity contribution is 6.05. The summed E-state index contributed by atoms with van der Waals surface area (Å²) in [6.07, 6.45) is 6.84. The van der Waals surface area contributed by atoms with Crippen molar-refractivity contribution in [2.24, 2.45) is 21.5 Å². The van der Waals surface area contributed by atoms with E-state index >= 15 is 0 Å². The van der Waals surface area contributed by atoms with Crippen molar-refractivity contribution >= 4 is 23.5 Å². The number of aromatic nitrogens is 2. The number of aliphatic imine (C=N–C) groups is 2. The van der Waals surface area contributed by atoms with E-state index in [1.54, 1.807) is 24.1 Å². The van der Waals surface area contributed by atoms with Crippen LogP contribution in [0.5, 0.6) is 0 Å². The van der Waals surface area contributed by atoms with Crippen LogP contribution in [0.1, 0.15) is 42.6 Å². The van der Waals surface area contributed by atoms with Crippen LogP contribution >= 0.6 is 0 Å². The zero-order valence-corrected chi connectivity index (χ0v) is 17.6. The Balaban J connectivity index is 1.54. The maximum absolute atomic E-state index is 12.2. The highest BCUT2D eigenvalue weighted by Crippen LogP contribution is 2.39. The van der Waals surface area contributed by atoms with Gasteiger partial charge in [-0.3, -0.25) is 9.69 Å². The fourth-order valence-corrected chi connectivity index (χ4v) is 4.20. The quantitative estimate of drug-likeness (QED) is 0.599. The minimum Gasteiger partial charge on any atom is -0.383 e. The Kier molecular flexibility index (Phi) is 5.90. The topological polar surface area (TPSA) is 136 Å². The van der Waals surface area contributed by atoms with Gasteiger partial charge in [-0.05, 0) is 56.0 Å². The predicted octanol–water partition coefficient (Wildman–Crippen LogP) is 1.36. The summed E-state index contributed by atoms with van der Waals surface area (Å²) in [4.78, 5) is 23.0. The van der Waals surface area contributed by atoms with E-state index in [2.05, 4.69) is 15.4 Å². The number of methoxy groups -OCH3 is 1. The number of rotatable bonds is 6. The van der Waals surface area contributed by atoms with Crippen LogP contribution in [-0.2, 0) is 4.74 Å². The number of nitrogens with zero attached hydrogens (tertiary/aromatic N) is 5. The molecule has 0 radical (unpaired) electrons. The molecule has 2 aromatic rings. The van der Waals surface area contributed by atoms with Crippen LogP contribution in [0, 0.1) is 0 Å². The van der Waals surface area contributed by atoms with Crippen LogP contribution in [0.25, 0.3) is 5.69 Å². The number of carbonyl (C=O) groups is 1. The lowest BCUT2D eigenvalue weighted by atomic mass is 9.87. The molecule has 2 heterocycles. The monoisotopic (exact) mass is 424 g/mol. The molecular weight excluding hydrogens is 396 g/mol. The summed E-state index contributed by atoms with van der Waals surface area (Å²) in [5.74, 6) is 0.357. The number of hydrogen-bond acceptors (Lipinski definition) is 8. The van der Waals surface area contributed by atoms with E-state index in [4.69, 9.17) is 21.2 Å². The molecule has 164 valence electrons. The van der Waals surface area contributed by atoms with E-state index in [0.29, 0.717) is 24.8 Å². The molecule has 1 aromatic heterocycles. The number of nitrogens with one attached hydrogen (secondary N) is 1. The Bertz CT molecular complexity index is 989. The molecule has 1 aromatic carbocycles. The van der Waals surface area contributed by atoms with Gasteiger partial charge in [0.2, 0.25) is 11.9 Å². The lowest BCUT2D eigenvalue weighted by Gasteiger charge is -2.45. The van der Waals surface area contributed by atoms with Gasteiger partial charge in [0.1, 0.15) is 5.66 Å². The van der Waals surface area contributed by atoms with Gasteiger partial charge in [-0.1, -0.05) is 6.42 Å². The maximum Gasteiger partial charge on any atom is 0.271 e. The highest BCUT2D eigenvalue weighted by Gasteiger charge is 2.42. The first kappa shape index (κ1) is 20.9. The average Bonchev–Trinajstić information content (AvgIpc) is 3.25. The predicted molar refractivity (Wildman–Crippen MR) is 119 cm³/mol. The second-order valence-corrected chi connectivity index (χ2v) is 7.73. The molecule has 1 amide bonds. The molecule has 4 rings (SSSR count). The normalized spacial score (nSPS) is 17.9. The summed E-state index contributed by atoms with van der Waals surface area (Å²) >= 11 is 0. The Morgan fingerprint density at radius 3 is 2.55 bits per heavy atom. The number of hydrogen-bond donors (Lipinski definition) is 3. The van der Waals surface area contributed by atoms with E-state index in [0.717, 1.165) is 37.1 Å². The molecule has 0 atom stereocenters. The first-order valence-electron chi connectivity index (χ1n) is 10.5. The summed E-state index contributed by atoms with van der Waals surface area (Å²) in [6, 6.07) is 9.47. The molecule has 31 heavy (non-hydrogen) atoms. The van der Waals surface area contributed by atoms with Crippen LogP contribution < -0.4 is 21.7 Å². The van der Waals surface area contributed by atoms with E-state index in [1.807, 2.05) is 29.2 Å². The van der Waals surface area contributed by atoms with E-state index in [1.165, 1.54) is 6.42 Å². The Labute approximate surface area is 181 Å². The van der Waals surface area contributed by atoms with Crippen molar-refractivity contribution in [3.05, 3.63) is 42.2 Å². The van der Waals surface area contributed by atoms with Gasteiger partial charge in [-0.15, -0.1) is 0 Å². The SMILES string of the molecule is COCCNC(=O)c1ccn(-c2ccc(N3C(N)=NC(N)=NC34CCCCC4)cc2)n1. The van der Waals surface area contributed by atoms with Crippen LogP contribution in [0.15, 0.2) is 46.5 Å². The Hall–Kier alpha value is -3.40. The third-order valence-electron chi connectivity index (χ3n) is 5.64. The van der Waals surface area contributed by atoms with Gasteiger partial charge in [0.25, 0.3) is 5.91 Å². The summed E-state index contributed by atoms with van der Waals surface area (Å²) in [7, 11) is 1.59. The molecule has 0 bridgehead atoms. The van der Waals surface area contributed by atoms with Crippen molar-refractivity contribution in [2.45, 2.75) is 37.8 Å². The largest absolute Gasteiger partial charge is 0.383 e. The molecule has 1 aliphatic carbocycles. The van der Waals surface area contributed by atoms with Gasteiger partial charge in [0.05, 0.1) is 12.3 Å². The lowest BCUT2D eigenvalue weighted by Crippen LogP contribution is -2.58. The minimum atomic E-state index is -0.477. The van der Waals surface area contributed by atoms with Crippen LogP contribution in [0.2, 0.25) is 0 Å². The van der Waals surface area contributed by atoms with Crippen LogP contribution in [0.3, 0.4) is 0 Å². The van der Waals surface area contributed by atoms with Gasteiger partial charge >= 0.3 is 0 Å². The van der Waals surface area contributed by atoms with Crippen molar-refractivity contribution in [3.63, 3.8) is 0 Å². The van der Waals surface area contributed by atoms with Gasteiger partial charge in [-0.2, -0.15) is 10.1 Å². The van der Waals surface area contributed by atoms with Crippen molar-refractivity contribution in [1.82, 2.24) is 15.1 Å². The molecule has 1 aliphatic heterocycles. The second kappa shape index (κ2) is 8.76. The summed E-state index contributed by atoms with van der Waals surface area (Å²) in [6.45, 7) is 0.887. The second-order valence-electron chi connectivity index (χ2n) is 7.73. The number of ether oxygens (including phenoxy) is 1. The molecule has 10 nitrogen and oxygen atoms in total. The highest BCUT2D eigenvalue weighted by atomic mass is 16.5. The Morgan fingerprint density at radius 1 is 1.13 bits per heavy atom. The molecule has 1 fully saturated rings. The summed E-state index contributed by atoms with van der Waals surface area (Å²) < 4.78 is 6.60. The fraction of sp³-hybridized carbons (Fsp3) is 0.429. The summed E-state index contributed by atoms with van der Waals surface area (Å²) in [5.41, 5.74) is 13.8. The average molecular weight is 425 g/mol. The van der Waals surface area contributed by atoms with Crippen molar-refractivity contribution in [1.29, 1.82) is 0 Å². The molecule has 0 unspecified atom stereocenters. The Morgan fingerprint density at radius 2 is 1.84 bits per heavy atom. The first-order chi connectivity index (χ1) is 15.0. The zero-order valence-electron chi connectivity index (χ0n) is 17.6. The number of anilines is 1. The fourth-order valence-electron chi connectivity index (χ4n) is 4.20. The van der Waals surface area contributed by atoms with Gasteiger partial charge in [-0.25, -0.2) is 9.67 Å². The van der Waals surface area contributed by atoms with Crippen LogP contribution in [-0.4, -0.2) is 53.5 Å². The van der Waals surface area contributed by atoms with Crippen LogP contribution in [0.4, 0.5) is 5.69 Å². The molecule has 1 spiro atoms. The standard InChI is InChI=1S/C21H28N8O2/c1-31-14-12-24-18(30)17-9-13-28(27-17)15-5-7-16(8-6-15)29-20(23)25-19(22)26-21(29)10-3-2-4-11-21/h5-9,13H,2-4,10-12,14H2,1H3,(H,24,30)(H4,22,23,25,26). The number of carbonyl (C=O) groups excluding carboxylic acids is 1. The van der Waals surface area contributed by atoms with Crippen molar-refractivity contribution < 1.29 is 9.53 Å². The summed E-state index contributed by atoms with van der Waals surface area (Å²) in [5, 5.41) is 7.13. The van der Waals surface area contributed by atoms with Gasteiger partial charge in [0.15, 0.2) is 5.69 Å². The van der Waals surface area contributed by atoms with Gasteiger partial charge in [0, 0.05) is 25.5 Å². The lowest BCUT2D eigenvalue weighted by molar-refractivity contribution is 0.0931. The third kappa shape index (κ3) is 4.24.